The molecule has 1 N–H and O–H groups in total. The summed E-state index contributed by atoms with van der Waals surface area (Å²) in [7, 11) is -6.60. The third-order valence-electron chi connectivity index (χ3n) is 4.27. The molecule has 1 heterocycles. The molecule has 16 heteroatoms. The Morgan fingerprint density at radius 2 is 1.63 bits per heavy atom. The van der Waals surface area contributed by atoms with E-state index in [-0.39, 0.29) is 16.7 Å². The average molecular weight is 526 g/mol. The van der Waals surface area contributed by atoms with Crippen molar-refractivity contribution in [3.8, 4) is 0 Å². The van der Waals surface area contributed by atoms with Crippen molar-refractivity contribution in [2.24, 2.45) is 0 Å². The number of esters is 1. The Hall–Kier alpha value is -3.53. The zero-order valence-corrected chi connectivity index (χ0v) is 18.9. The third-order valence-corrected chi connectivity index (χ3v) is 5.54. The Labute approximate surface area is 195 Å². The molecule has 11 nitrogen and oxygen atoms in total. The van der Waals surface area contributed by atoms with Gasteiger partial charge in [-0.05, 0) is 26.0 Å². The molecule has 3 amide bonds. The highest BCUT2D eigenvalue weighted by Gasteiger charge is 2.67. The normalized spacial score (nSPS) is 14.9. The summed E-state index contributed by atoms with van der Waals surface area (Å²) in [6, 6.07) is 4.71. The molecule has 0 radical (unpaired) electrons. The minimum Gasteiger partial charge on any atom is -0.449 e. The van der Waals surface area contributed by atoms with Gasteiger partial charge in [0, 0.05) is 5.57 Å². The van der Waals surface area contributed by atoms with Gasteiger partial charge in [-0.25, -0.2) is 9.59 Å². The van der Waals surface area contributed by atoms with Gasteiger partial charge in [-0.2, -0.15) is 26.0 Å². The highest BCUT2D eigenvalue weighted by molar-refractivity contribution is 7.87. The Morgan fingerprint density at radius 1 is 1.11 bits per heavy atom. The lowest BCUT2D eigenvalue weighted by Gasteiger charge is -2.26. The maximum absolute atomic E-state index is 14.2. The van der Waals surface area contributed by atoms with E-state index in [4.69, 9.17) is 0 Å². The van der Waals surface area contributed by atoms with Crippen LogP contribution in [0.5, 0.6) is 0 Å². The van der Waals surface area contributed by atoms with Crippen LogP contribution in [-0.2, 0) is 28.7 Å². The first kappa shape index (κ1) is 27.7. The van der Waals surface area contributed by atoms with Crippen LogP contribution in [-0.4, -0.2) is 61.4 Å². The quantitative estimate of drug-likeness (QED) is 0.160. The van der Waals surface area contributed by atoms with Crippen LogP contribution in [0.4, 0.5) is 22.4 Å². The second-order valence-corrected chi connectivity index (χ2v) is 8.63. The predicted molar refractivity (Wildman–Crippen MR) is 106 cm³/mol. The number of hydrogen-bond acceptors (Lipinski definition) is 9. The van der Waals surface area contributed by atoms with Crippen molar-refractivity contribution in [3.05, 3.63) is 47.5 Å². The summed E-state index contributed by atoms with van der Waals surface area (Å²) in [4.78, 5) is 47.0. The highest BCUT2D eigenvalue weighted by Crippen LogP contribution is 2.42. The number of amides is 3. The summed E-state index contributed by atoms with van der Waals surface area (Å²) in [5.74, 6) is -9.17. The third kappa shape index (κ3) is 5.76. The van der Waals surface area contributed by atoms with E-state index in [9.17, 15) is 45.2 Å². The number of hydrogen-bond donors (Lipinski definition) is 1. The fourth-order valence-electron chi connectivity index (χ4n) is 2.48. The van der Waals surface area contributed by atoms with Crippen LogP contribution in [0.2, 0.25) is 0 Å². The molecule has 0 saturated heterocycles. The summed E-state index contributed by atoms with van der Waals surface area (Å²) in [5.41, 5.74) is -0.783. The van der Waals surface area contributed by atoms with Gasteiger partial charge in [0.1, 0.15) is 0 Å². The van der Waals surface area contributed by atoms with E-state index in [1.807, 2.05) is 5.32 Å². The van der Waals surface area contributed by atoms with Gasteiger partial charge in [-0.3, -0.25) is 14.9 Å². The maximum atomic E-state index is 14.2. The first-order valence-electron chi connectivity index (χ1n) is 9.49. The summed E-state index contributed by atoms with van der Waals surface area (Å²) in [6.07, 6.45) is -4.75. The van der Waals surface area contributed by atoms with Crippen molar-refractivity contribution in [1.29, 1.82) is 0 Å². The minimum absolute atomic E-state index is 0.0153. The van der Waals surface area contributed by atoms with Crippen molar-refractivity contribution in [3.63, 3.8) is 0 Å². The van der Waals surface area contributed by atoms with Crippen LogP contribution >= 0.6 is 0 Å². The van der Waals surface area contributed by atoms with Crippen molar-refractivity contribution in [2.75, 3.05) is 6.61 Å². The number of carbonyl (C=O) groups excluding carboxylic acids is 4. The van der Waals surface area contributed by atoms with Gasteiger partial charge in [0.15, 0.2) is 6.23 Å². The molecule has 192 valence electrons. The number of alkyl carbamates (subject to hydrolysis) is 1. The van der Waals surface area contributed by atoms with Crippen LogP contribution in [0, 0.1) is 0 Å². The second kappa shape index (κ2) is 9.99. The zero-order valence-electron chi connectivity index (χ0n) is 18.0. The predicted octanol–water partition coefficient (Wildman–Crippen LogP) is 2.35. The molecule has 0 aromatic heterocycles. The Morgan fingerprint density at radius 3 is 2.11 bits per heavy atom. The number of imide groups is 1. The Kier molecular flexibility index (Phi) is 7.91. The molecule has 1 aromatic carbocycles. The number of nitrogens with zero attached hydrogens (tertiary/aromatic N) is 1. The van der Waals surface area contributed by atoms with Crippen LogP contribution < -0.4 is 5.32 Å². The van der Waals surface area contributed by atoms with E-state index in [1.54, 1.807) is 0 Å². The molecular formula is C19H18F4N2O9S. The molecular weight excluding hydrogens is 508 g/mol. The monoisotopic (exact) mass is 526 g/mol. The summed E-state index contributed by atoms with van der Waals surface area (Å²) >= 11 is 0. The molecule has 0 bridgehead atoms. The lowest BCUT2D eigenvalue weighted by atomic mass is 10.1. The van der Waals surface area contributed by atoms with Gasteiger partial charge in [0.25, 0.3) is 11.8 Å². The minimum atomic E-state index is -6.60. The van der Waals surface area contributed by atoms with Crippen LogP contribution in [0.1, 0.15) is 41.0 Å². The number of alkyl halides is 4. The second-order valence-electron chi connectivity index (χ2n) is 7.06. The summed E-state index contributed by atoms with van der Waals surface area (Å²) in [6.45, 7) is 4.35. The van der Waals surface area contributed by atoms with Crippen molar-refractivity contribution >= 4 is 34.0 Å². The van der Waals surface area contributed by atoms with Crippen molar-refractivity contribution in [2.45, 2.75) is 37.7 Å². The molecule has 0 saturated carbocycles. The first-order valence-corrected chi connectivity index (χ1v) is 10.9. The fourth-order valence-corrected chi connectivity index (χ4v) is 3.37. The SMILES string of the molecule is C=C(C)C(=O)OC(C)NC(=O)OCCC(F)(F)C(F)(F)S(=O)(=O)ON1C(=O)c2ccccc2C1=O. The van der Waals surface area contributed by atoms with Gasteiger partial charge in [0.05, 0.1) is 24.2 Å². The number of fused-ring (bicyclic) bond motifs is 1. The van der Waals surface area contributed by atoms with Gasteiger partial charge in [-0.15, -0.1) is 9.35 Å². The fraction of sp³-hybridized carbons (Fsp3) is 0.368. The number of rotatable bonds is 10. The van der Waals surface area contributed by atoms with Gasteiger partial charge < -0.3 is 9.47 Å². The highest BCUT2D eigenvalue weighted by atomic mass is 32.2. The van der Waals surface area contributed by atoms with E-state index >= 15 is 0 Å². The van der Waals surface area contributed by atoms with Gasteiger partial charge in [-0.1, -0.05) is 18.7 Å². The number of benzene rings is 1. The molecule has 0 aliphatic carbocycles. The molecule has 0 fully saturated rings. The smallest absolute Gasteiger partial charge is 0.433 e. The van der Waals surface area contributed by atoms with E-state index in [0.717, 1.165) is 19.1 Å². The Balaban J connectivity index is 2.00. The van der Waals surface area contributed by atoms with E-state index in [2.05, 4.69) is 20.3 Å². The Bertz CT molecular complexity index is 1140. The topological polar surface area (TPSA) is 145 Å². The number of halogens is 4. The van der Waals surface area contributed by atoms with Crippen molar-refractivity contribution < 1.29 is 58.9 Å². The molecule has 1 aliphatic heterocycles. The molecule has 35 heavy (non-hydrogen) atoms. The lowest BCUT2D eigenvalue weighted by Crippen LogP contribution is -2.51. The van der Waals surface area contributed by atoms with Crippen LogP contribution in [0.3, 0.4) is 0 Å². The summed E-state index contributed by atoms with van der Waals surface area (Å²) < 4.78 is 93.3. The molecule has 1 unspecified atom stereocenters. The largest absolute Gasteiger partial charge is 0.449 e. The average Bonchev–Trinajstić information content (AvgIpc) is 2.97. The van der Waals surface area contributed by atoms with E-state index in [0.29, 0.717) is 0 Å². The van der Waals surface area contributed by atoms with E-state index < -0.39 is 69.5 Å². The van der Waals surface area contributed by atoms with Crippen LogP contribution in [0.25, 0.3) is 0 Å². The molecule has 1 aromatic rings. The van der Waals surface area contributed by atoms with Crippen LogP contribution in [0.15, 0.2) is 36.4 Å². The lowest BCUT2D eigenvalue weighted by molar-refractivity contribution is -0.173. The molecule has 2 rings (SSSR count). The first-order chi connectivity index (χ1) is 16.0. The molecule has 0 spiro atoms. The standard InChI is InChI=1S/C19H18F4N2O9S/c1-10(2)16(28)33-11(3)24-17(29)32-9-8-18(20,21)19(22,23)35(30,31)34-25-14(26)12-6-4-5-7-13(12)15(25)27/h4-7,11H,1,8-9H2,2-3H3,(H,24,29). The maximum Gasteiger partial charge on any atom is 0.433 e. The van der Waals surface area contributed by atoms with Crippen molar-refractivity contribution in [1.82, 2.24) is 10.4 Å². The van der Waals surface area contributed by atoms with Gasteiger partial charge in [0.2, 0.25) is 0 Å². The number of hydroxylamine groups is 2. The zero-order chi connectivity index (χ0) is 26.8. The molecule has 1 aliphatic rings. The van der Waals surface area contributed by atoms with Gasteiger partial charge >= 0.3 is 33.4 Å². The number of nitrogens with one attached hydrogen (secondary N) is 1. The number of ether oxygens (including phenoxy) is 2. The summed E-state index contributed by atoms with van der Waals surface area (Å²) in [5, 5.41) is -4.63. The number of carbonyl (C=O) groups is 4. The van der Waals surface area contributed by atoms with E-state index in [1.165, 1.54) is 19.1 Å². The molecule has 1 atom stereocenters.